The largest absolute Gasteiger partial charge is 0.339 e. The first-order valence-electron chi connectivity index (χ1n) is 9.19. The highest BCUT2D eigenvalue weighted by Crippen LogP contribution is 2.23. The summed E-state index contributed by atoms with van der Waals surface area (Å²) in [6.07, 6.45) is 4.27. The normalized spacial score (nSPS) is 16.3. The molecule has 9 heteroatoms. The van der Waals surface area contributed by atoms with Crippen LogP contribution in [0, 0.1) is 0 Å². The van der Waals surface area contributed by atoms with Gasteiger partial charge in [-0.15, -0.1) is 12.4 Å². The SMILES string of the molecule is Cl.O=C(CCc1nc(-c2ccc(Cl)cc2)no1)N1CCNCC1c1cccnc1. The quantitative estimate of drug-likeness (QED) is 0.664. The van der Waals surface area contributed by atoms with Crippen LogP contribution in [0.3, 0.4) is 0 Å². The summed E-state index contributed by atoms with van der Waals surface area (Å²) >= 11 is 5.90. The summed E-state index contributed by atoms with van der Waals surface area (Å²) < 4.78 is 5.31. The van der Waals surface area contributed by atoms with Crippen LogP contribution in [-0.4, -0.2) is 45.6 Å². The van der Waals surface area contributed by atoms with Crippen molar-refractivity contribution in [1.82, 2.24) is 25.3 Å². The third-order valence-electron chi connectivity index (χ3n) is 4.76. The molecule has 1 saturated heterocycles. The molecule has 1 aliphatic rings. The molecule has 0 aliphatic carbocycles. The predicted molar refractivity (Wildman–Crippen MR) is 112 cm³/mol. The third-order valence-corrected chi connectivity index (χ3v) is 5.01. The van der Waals surface area contributed by atoms with Crippen LogP contribution in [0.4, 0.5) is 0 Å². The smallest absolute Gasteiger partial charge is 0.227 e. The van der Waals surface area contributed by atoms with Crippen molar-refractivity contribution in [2.75, 3.05) is 19.6 Å². The van der Waals surface area contributed by atoms with Crippen LogP contribution in [0.1, 0.15) is 23.9 Å². The standard InChI is InChI=1S/C20H20ClN5O2.ClH/c21-16-5-3-14(4-6-16)20-24-18(28-25-20)7-8-19(27)26-11-10-23-13-17(26)15-2-1-9-22-12-15;/h1-6,9,12,17,23H,7-8,10-11,13H2;1H. The Balaban J connectivity index is 0.00000240. The number of halogens is 2. The molecule has 0 saturated carbocycles. The van der Waals surface area contributed by atoms with Gasteiger partial charge in [0.25, 0.3) is 0 Å². The maximum absolute atomic E-state index is 12.8. The van der Waals surface area contributed by atoms with Crippen molar-refractivity contribution >= 4 is 29.9 Å². The minimum Gasteiger partial charge on any atom is -0.339 e. The van der Waals surface area contributed by atoms with E-state index in [0.717, 1.165) is 24.2 Å². The van der Waals surface area contributed by atoms with E-state index in [1.165, 1.54) is 0 Å². The van der Waals surface area contributed by atoms with E-state index in [4.69, 9.17) is 16.1 Å². The highest BCUT2D eigenvalue weighted by Gasteiger charge is 2.28. The molecular weight excluding hydrogens is 413 g/mol. The van der Waals surface area contributed by atoms with Crippen LogP contribution >= 0.6 is 24.0 Å². The number of rotatable bonds is 5. The lowest BCUT2D eigenvalue weighted by Gasteiger charge is -2.36. The second-order valence-electron chi connectivity index (χ2n) is 6.61. The van der Waals surface area contributed by atoms with E-state index < -0.39 is 0 Å². The summed E-state index contributed by atoms with van der Waals surface area (Å²) in [5.74, 6) is 1.02. The Labute approximate surface area is 179 Å². The van der Waals surface area contributed by atoms with Crippen LogP contribution in [-0.2, 0) is 11.2 Å². The monoisotopic (exact) mass is 433 g/mol. The summed E-state index contributed by atoms with van der Waals surface area (Å²) in [4.78, 5) is 23.3. The van der Waals surface area contributed by atoms with Crippen LogP contribution in [0.2, 0.25) is 5.02 Å². The number of benzene rings is 1. The van der Waals surface area contributed by atoms with Gasteiger partial charge in [0.2, 0.25) is 17.6 Å². The van der Waals surface area contributed by atoms with E-state index >= 15 is 0 Å². The van der Waals surface area contributed by atoms with Gasteiger partial charge in [-0.3, -0.25) is 9.78 Å². The molecule has 0 spiro atoms. The first-order valence-corrected chi connectivity index (χ1v) is 9.57. The number of pyridine rings is 1. The Hall–Kier alpha value is -2.48. The van der Waals surface area contributed by atoms with Gasteiger partial charge in [-0.25, -0.2) is 0 Å². The second kappa shape index (κ2) is 9.82. The lowest BCUT2D eigenvalue weighted by atomic mass is 10.0. The molecule has 0 bridgehead atoms. The van der Waals surface area contributed by atoms with Gasteiger partial charge in [0, 0.05) is 55.5 Å². The Morgan fingerprint density at radius 1 is 1.28 bits per heavy atom. The van der Waals surface area contributed by atoms with E-state index in [0.29, 0.717) is 36.1 Å². The molecule has 1 unspecified atom stereocenters. The molecule has 1 aromatic carbocycles. The molecule has 1 atom stereocenters. The zero-order chi connectivity index (χ0) is 19.3. The lowest BCUT2D eigenvalue weighted by Crippen LogP contribution is -2.48. The maximum atomic E-state index is 12.8. The van der Waals surface area contributed by atoms with Crippen molar-refractivity contribution in [3.8, 4) is 11.4 Å². The number of aryl methyl sites for hydroxylation is 1. The van der Waals surface area contributed by atoms with Crippen molar-refractivity contribution in [3.63, 3.8) is 0 Å². The van der Waals surface area contributed by atoms with E-state index in [1.54, 1.807) is 18.3 Å². The van der Waals surface area contributed by atoms with Gasteiger partial charge in [-0.05, 0) is 35.9 Å². The molecular formula is C20H21Cl2N5O2. The number of aromatic nitrogens is 3. The van der Waals surface area contributed by atoms with E-state index in [-0.39, 0.29) is 24.4 Å². The molecule has 1 aliphatic heterocycles. The summed E-state index contributed by atoms with van der Waals surface area (Å²) in [5, 5.41) is 7.99. The topological polar surface area (TPSA) is 84.2 Å². The number of piperazine rings is 1. The summed E-state index contributed by atoms with van der Waals surface area (Å²) in [6.45, 7) is 2.17. The van der Waals surface area contributed by atoms with Crippen molar-refractivity contribution in [2.45, 2.75) is 18.9 Å². The Morgan fingerprint density at radius 3 is 2.86 bits per heavy atom. The number of hydrogen-bond acceptors (Lipinski definition) is 6. The van der Waals surface area contributed by atoms with E-state index in [1.807, 2.05) is 35.4 Å². The van der Waals surface area contributed by atoms with E-state index in [9.17, 15) is 4.79 Å². The Morgan fingerprint density at radius 2 is 2.10 bits per heavy atom. The maximum Gasteiger partial charge on any atom is 0.227 e. The molecule has 3 heterocycles. The Kier molecular flexibility index (Phi) is 7.19. The number of carbonyl (C=O) groups excluding carboxylic acids is 1. The molecule has 152 valence electrons. The molecule has 1 amide bonds. The lowest BCUT2D eigenvalue weighted by molar-refractivity contribution is -0.134. The second-order valence-corrected chi connectivity index (χ2v) is 7.05. The van der Waals surface area contributed by atoms with Crippen LogP contribution in [0.15, 0.2) is 53.3 Å². The van der Waals surface area contributed by atoms with Crippen molar-refractivity contribution in [2.24, 2.45) is 0 Å². The van der Waals surface area contributed by atoms with Gasteiger partial charge in [-0.2, -0.15) is 4.98 Å². The molecule has 29 heavy (non-hydrogen) atoms. The number of hydrogen-bond donors (Lipinski definition) is 1. The fourth-order valence-corrected chi connectivity index (χ4v) is 3.43. The van der Waals surface area contributed by atoms with Crippen molar-refractivity contribution < 1.29 is 9.32 Å². The van der Waals surface area contributed by atoms with Gasteiger partial charge in [0.1, 0.15) is 0 Å². The van der Waals surface area contributed by atoms with Crippen LogP contribution < -0.4 is 5.32 Å². The first-order chi connectivity index (χ1) is 13.7. The fraction of sp³-hybridized carbons (Fsp3) is 0.300. The molecule has 2 aromatic heterocycles. The van der Waals surface area contributed by atoms with Gasteiger partial charge >= 0.3 is 0 Å². The molecule has 1 fully saturated rings. The van der Waals surface area contributed by atoms with Crippen LogP contribution in [0.25, 0.3) is 11.4 Å². The zero-order valence-corrected chi connectivity index (χ0v) is 17.2. The van der Waals surface area contributed by atoms with E-state index in [2.05, 4.69) is 20.4 Å². The summed E-state index contributed by atoms with van der Waals surface area (Å²) in [6, 6.07) is 11.1. The highest BCUT2D eigenvalue weighted by molar-refractivity contribution is 6.30. The number of carbonyl (C=O) groups is 1. The Bertz CT molecular complexity index is 934. The fourth-order valence-electron chi connectivity index (χ4n) is 3.30. The molecule has 7 nitrogen and oxygen atoms in total. The average molecular weight is 434 g/mol. The minimum absolute atomic E-state index is 0. The molecule has 0 radical (unpaired) electrons. The van der Waals surface area contributed by atoms with Crippen molar-refractivity contribution in [1.29, 1.82) is 0 Å². The third kappa shape index (κ3) is 5.12. The van der Waals surface area contributed by atoms with Crippen molar-refractivity contribution in [3.05, 3.63) is 65.3 Å². The minimum atomic E-state index is -0.0118. The predicted octanol–water partition coefficient (Wildman–Crippen LogP) is 3.31. The zero-order valence-electron chi connectivity index (χ0n) is 15.6. The summed E-state index contributed by atoms with van der Waals surface area (Å²) in [5.41, 5.74) is 1.86. The number of nitrogens with one attached hydrogen (secondary N) is 1. The number of amides is 1. The molecule has 3 aromatic rings. The summed E-state index contributed by atoms with van der Waals surface area (Å²) in [7, 11) is 0. The van der Waals surface area contributed by atoms with Crippen LogP contribution in [0.5, 0.6) is 0 Å². The highest BCUT2D eigenvalue weighted by atomic mass is 35.5. The molecule has 1 N–H and O–H groups in total. The molecule has 4 rings (SSSR count). The van der Waals surface area contributed by atoms with Gasteiger partial charge in [0.15, 0.2) is 0 Å². The van der Waals surface area contributed by atoms with Gasteiger partial charge in [-0.1, -0.05) is 22.8 Å². The number of nitrogens with zero attached hydrogens (tertiary/aromatic N) is 4. The van der Waals surface area contributed by atoms with Gasteiger partial charge in [0.05, 0.1) is 6.04 Å². The first kappa shape index (κ1) is 21.2. The van der Waals surface area contributed by atoms with Gasteiger partial charge < -0.3 is 14.7 Å². The average Bonchev–Trinajstić information content (AvgIpc) is 3.22.